The van der Waals surface area contributed by atoms with Crippen LogP contribution in [0, 0.1) is 19.8 Å². The van der Waals surface area contributed by atoms with Crippen molar-refractivity contribution in [2.75, 3.05) is 11.9 Å². The zero-order valence-electron chi connectivity index (χ0n) is 12.0. The van der Waals surface area contributed by atoms with Crippen LogP contribution in [0.4, 0.5) is 5.00 Å². The normalized spacial score (nSPS) is 13.8. The Balaban J connectivity index is 2.10. The first kappa shape index (κ1) is 15.5. The van der Waals surface area contributed by atoms with Crippen molar-refractivity contribution in [3.8, 4) is 0 Å². The molecule has 1 aromatic rings. The summed E-state index contributed by atoms with van der Waals surface area (Å²) in [5, 5.41) is 14.5. The number of carboxylic acids is 1. The van der Waals surface area contributed by atoms with Gasteiger partial charge in [-0.15, -0.1) is 11.3 Å². The summed E-state index contributed by atoms with van der Waals surface area (Å²) in [6.07, 6.45) is 1.67. The van der Waals surface area contributed by atoms with Gasteiger partial charge in [0.1, 0.15) is 5.00 Å². The quantitative estimate of drug-likeness (QED) is 0.748. The summed E-state index contributed by atoms with van der Waals surface area (Å²) in [4.78, 5) is 35.5. The highest BCUT2D eigenvalue weighted by molar-refractivity contribution is 7.16. The number of anilines is 1. The summed E-state index contributed by atoms with van der Waals surface area (Å²) in [6.45, 7) is 3.78. The van der Waals surface area contributed by atoms with Crippen LogP contribution in [0.25, 0.3) is 0 Å². The molecule has 0 unspecified atom stereocenters. The van der Waals surface area contributed by atoms with Crippen LogP contribution in [0.2, 0.25) is 0 Å². The second-order valence-electron chi connectivity index (χ2n) is 5.15. The second kappa shape index (κ2) is 6.26. The molecule has 1 aromatic heterocycles. The predicted octanol–water partition coefficient (Wildman–Crippen LogP) is 1.92. The Bertz CT molecular complexity index is 590. The Morgan fingerprint density at radius 1 is 1.29 bits per heavy atom. The van der Waals surface area contributed by atoms with Gasteiger partial charge in [-0.1, -0.05) is 0 Å². The van der Waals surface area contributed by atoms with Gasteiger partial charge in [-0.3, -0.25) is 14.4 Å². The maximum Gasteiger partial charge on any atom is 0.305 e. The third-order valence-corrected chi connectivity index (χ3v) is 4.54. The molecule has 0 aliphatic heterocycles. The fraction of sp³-hybridized carbons (Fsp3) is 0.500. The molecule has 0 atom stereocenters. The van der Waals surface area contributed by atoms with Crippen molar-refractivity contribution in [1.82, 2.24) is 5.32 Å². The van der Waals surface area contributed by atoms with Gasteiger partial charge in [0, 0.05) is 17.3 Å². The van der Waals surface area contributed by atoms with E-state index >= 15 is 0 Å². The van der Waals surface area contributed by atoms with Crippen molar-refractivity contribution in [2.24, 2.45) is 5.92 Å². The number of hydrogen-bond donors (Lipinski definition) is 3. The smallest absolute Gasteiger partial charge is 0.305 e. The van der Waals surface area contributed by atoms with Gasteiger partial charge in [0.15, 0.2) is 0 Å². The van der Waals surface area contributed by atoms with Crippen LogP contribution in [-0.2, 0) is 9.59 Å². The number of hydrogen-bond acceptors (Lipinski definition) is 4. The minimum Gasteiger partial charge on any atom is -0.481 e. The maximum atomic E-state index is 12.2. The van der Waals surface area contributed by atoms with Crippen LogP contribution < -0.4 is 10.6 Å². The van der Waals surface area contributed by atoms with Crippen molar-refractivity contribution in [3.05, 3.63) is 16.0 Å². The second-order valence-corrected chi connectivity index (χ2v) is 6.38. The molecular weight excluding hydrogens is 292 g/mol. The molecule has 0 saturated heterocycles. The summed E-state index contributed by atoms with van der Waals surface area (Å²) in [6, 6.07) is 0. The van der Waals surface area contributed by atoms with Crippen LogP contribution in [0.3, 0.4) is 0 Å². The SMILES string of the molecule is Cc1sc(NC(=O)C2CC2)c(C(=O)NCCC(=O)O)c1C. The van der Waals surface area contributed by atoms with Gasteiger partial charge in [-0.25, -0.2) is 0 Å². The number of rotatable bonds is 6. The first-order valence-electron chi connectivity index (χ1n) is 6.81. The third kappa shape index (κ3) is 3.81. The van der Waals surface area contributed by atoms with Gasteiger partial charge in [0.2, 0.25) is 5.91 Å². The number of carbonyl (C=O) groups excluding carboxylic acids is 2. The summed E-state index contributed by atoms with van der Waals surface area (Å²) >= 11 is 1.37. The Morgan fingerprint density at radius 2 is 1.95 bits per heavy atom. The first-order chi connectivity index (χ1) is 9.90. The average molecular weight is 310 g/mol. The highest BCUT2D eigenvalue weighted by Gasteiger charge is 2.31. The Kier molecular flexibility index (Phi) is 4.62. The van der Waals surface area contributed by atoms with Crippen LogP contribution in [0.5, 0.6) is 0 Å². The Morgan fingerprint density at radius 3 is 2.52 bits per heavy atom. The molecule has 3 N–H and O–H groups in total. The lowest BCUT2D eigenvalue weighted by molar-refractivity contribution is -0.136. The molecule has 0 aromatic carbocycles. The number of aryl methyl sites for hydroxylation is 1. The van der Waals surface area contributed by atoms with E-state index in [1.165, 1.54) is 11.3 Å². The van der Waals surface area contributed by atoms with Crippen molar-refractivity contribution < 1.29 is 19.5 Å². The molecule has 114 valence electrons. The van der Waals surface area contributed by atoms with E-state index in [2.05, 4.69) is 10.6 Å². The van der Waals surface area contributed by atoms with E-state index in [-0.39, 0.29) is 30.7 Å². The molecule has 1 aliphatic rings. The first-order valence-corrected chi connectivity index (χ1v) is 7.62. The lowest BCUT2D eigenvalue weighted by Crippen LogP contribution is -2.27. The van der Waals surface area contributed by atoms with E-state index in [1.54, 1.807) is 0 Å². The van der Waals surface area contributed by atoms with E-state index in [0.29, 0.717) is 10.6 Å². The van der Waals surface area contributed by atoms with Crippen LogP contribution in [0.1, 0.15) is 40.1 Å². The standard InChI is InChI=1S/C14H18N2O4S/c1-7-8(2)21-14(16-12(19)9-3-4-9)11(7)13(20)15-6-5-10(17)18/h9H,3-6H2,1-2H3,(H,15,20)(H,16,19)(H,17,18). The number of nitrogens with one attached hydrogen (secondary N) is 2. The van der Waals surface area contributed by atoms with Crippen LogP contribution >= 0.6 is 11.3 Å². The van der Waals surface area contributed by atoms with E-state index in [1.807, 2.05) is 13.8 Å². The molecule has 1 heterocycles. The molecule has 2 amide bonds. The molecule has 1 saturated carbocycles. The van der Waals surface area contributed by atoms with E-state index in [4.69, 9.17) is 5.11 Å². The molecule has 0 bridgehead atoms. The Hall–Kier alpha value is -1.89. The summed E-state index contributed by atoms with van der Waals surface area (Å²) in [5.41, 5.74) is 1.26. The number of thiophene rings is 1. The topological polar surface area (TPSA) is 95.5 Å². The fourth-order valence-corrected chi connectivity index (χ4v) is 2.98. The molecule has 1 aliphatic carbocycles. The number of carbonyl (C=O) groups is 3. The van der Waals surface area contributed by atoms with Crippen LogP contribution in [-0.4, -0.2) is 29.4 Å². The zero-order chi connectivity index (χ0) is 15.6. The summed E-state index contributed by atoms with van der Waals surface area (Å²) in [5.74, 6) is -1.29. The monoisotopic (exact) mass is 310 g/mol. The van der Waals surface area contributed by atoms with Gasteiger partial charge in [-0.05, 0) is 32.3 Å². The zero-order valence-corrected chi connectivity index (χ0v) is 12.8. The van der Waals surface area contributed by atoms with Gasteiger partial charge < -0.3 is 15.7 Å². The largest absolute Gasteiger partial charge is 0.481 e. The molecule has 21 heavy (non-hydrogen) atoms. The van der Waals surface area contributed by atoms with Crippen molar-refractivity contribution >= 4 is 34.1 Å². The fourth-order valence-electron chi connectivity index (χ4n) is 1.92. The minimum absolute atomic E-state index is 0.0455. The third-order valence-electron chi connectivity index (χ3n) is 3.42. The molecule has 0 spiro atoms. The predicted molar refractivity (Wildman–Crippen MR) is 79.7 cm³/mol. The highest BCUT2D eigenvalue weighted by Crippen LogP contribution is 2.35. The lowest BCUT2D eigenvalue weighted by atomic mass is 10.1. The van der Waals surface area contributed by atoms with E-state index in [0.717, 1.165) is 23.3 Å². The molecule has 7 heteroatoms. The highest BCUT2D eigenvalue weighted by atomic mass is 32.1. The molecule has 1 fully saturated rings. The van der Waals surface area contributed by atoms with Gasteiger partial charge >= 0.3 is 5.97 Å². The molecule has 2 rings (SSSR count). The molecule has 0 radical (unpaired) electrons. The number of amides is 2. The van der Waals surface area contributed by atoms with Crippen LogP contribution in [0.15, 0.2) is 0 Å². The summed E-state index contributed by atoms with van der Waals surface area (Å²) in [7, 11) is 0. The van der Waals surface area contributed by atoms with Gasteiger partial charge in [-0.2, -0.15) is 0 Å². The van der Waals surface area contributed by atoms with Crippen molar-refractivity contribution in [1.29, 1.82) is 0 Å². The van der Waals surface area contributed by atoms with Gasteiger partial charge in [0.25, 0.3) is 5.91 Å². The van der Waals surface area contributed by atoms with E-state index in [9.17, 15) is 14.4 Å². The van der Waals surface area contributed by atoms with Crippen molar-refractivity contribution in [3.63, 3.8) is 0 Å². The Labute approximate surface area is 126 Å². The lowest BCUT2D eigenvalue weighted by Gasteiger charge is -2.07. The van der Waals surface area contributed by atoms with Gasteiger partial charge in [0.05, 0.1) is 12.0 Å². The number of carboxylic acid groups (broad SMARTS) is 1. The van der Waals surface area contributed by atoms with Crippen molar-refractivity contribution in [2.45, 2.75) is 33.1 Å². The maximum absolute atomic E-state index is 12.2. The average Bonchev–Trinajstić information content (AvgIpc) is 3.18. The van der Waals surface area contributed by atoms with E-state index < -0.39 is 5.97 Å². The minimum atomic E-state index is -0.962. The molecular formula is C14H18N2O4S. The number of aliphatic carboxylic acids is 1. The summed E-state index contributed by atoms with van der Waals surface area (Å²) < 4.78 is 0. The molecule has 6 nitrogen and oxygen atoms in total.